The lowest BCUT2D eigenvalue weighted by molar-refractivity contribution is -0.117. The second-order valence-electron chi connectivity index (χ2n) is 5.38. The number of nitrogens with zero attached hydrogens (tertiary/aromatic N) is 2. The van der Waals surface area contributed by atoms with Crippen molar-refractivity contribution in [1.82, 2.24) is 10.2 Å². The fourth-order valence-corrected chi connectivity index (χ4v) is 2.85. The average Bonchev–Trinajstić information content (AvgIpc) is 3.04. The van der Waals surface area contributed by atoms with Crippen LogP contribution in [0.5, 0.6) is 5.75 Å². The summed E-state index contributed by atoms with van der Waals surface area (Å²) in [5.41, 5.74) is 5.04. The summed E-state index contributed by atoms with van der Waals surface area (Å²) < 4.78 is 5.24. The Labute approximate surface area is 123 Å². The van der Waals surface area contributed by atoms with Gasteiger partial charge in [-0.3, -0.25) is 9.89 Å². The van der Waals surface area contributed by atoms with Crippen LogP contribution in [0.4, 0.5) is 5.69 Å². The molecule has 0 spiro atoms. The van der Waals surface area contributed by atoms with Crippen molar-refractivity contribution in [2.24, 2.45) is 0 Å². The van der Waals surface area contributed by atoms with Crippen molar-refractivity contribution in [1.29, 1.82) is 0 Å². The Bertz CT molecular complexity index is 671. The van der Waals surface area contributed by atoms with E-state index in [4.69, 9.17) is 4.74 Å². The molecule has 0 aliphatic carbocycles. The molecule has 5 nitrogen and oxygen atoms in total. The van der Waals surface area contributed by atoms with Crippen molar-refractivity contribution in [3.8, 4) is 5.75 Å². The van der Waals surface area contributed by atoms with Crippen molar-refractivity contribution in [3.05, 3.63) is 40.7 Å². The minimum Gasteiger partial charge on any atom is -0.497 e. The largest absolute Gasteiger partial charge is 0.497 e. The Balaban J connectivity index is 1.82. The normalized spacial score (nSPS) is 13.4. The zero-order valence-corrected chi connectivity index (χ0v) is 12.6. The third-order valence-electron chi connectivity index (χ3n) is 4.09. The summed E-state index contributed by atoms with van der Waals surface area (Å²) in [5, 5.41) is 7.08. The van der Waals surface area contributed by atoms with Gasteiger partial charge in [0.2, 0.25) is 5.91 Å². The van der Waals surface area contributed by atoms with E-state index in [0.717, 1.165) is 41.4 Å². The summed E-state index contributed by atoms with van der Waals surface area (Å²) >= 11 is 0. The molecule has 110 valence electrons. The van der Waals surface area contributed by atoms with E-state index in [-0.39, 0.29) is 5.91 Å². The standard InChI is InChI=1S/C16H19N3O2/c1-10-14(11(2)18-17-10)9-16(20)19-7-6-12-8-13(21-3)4-5-15(12)19/h4-5,8H,6-7,9H2,1-3H3,(H,17,18). The summed E-state index contributed by atoms with van der Waals surface area (Å²) in [6.45, 7) is 4.61. The summed E-state index contributed by atoms with van der Waals surface area (Å²) in [5.74, 6) is 0.955. The maximum atomic E-state index is 12.6. The van der Waals surface area contributed by atoms with Gasteiger partial charge in [0.25, 0.3) is 0 Å². The van der Waals surface area contributed by atoms with Gasteiger partial charge in [-0.15, -0.1) is 0 Å². The van der Waals surface area contributed by atoms with Gasteiger partial charge in [0, 0.05) is 23.5 Å². The molecule has 1 aromatic carbocycles. The first kappa shape index (κ1) is 13.7. The van der Waals surface area contributed by atoms with Gasteiger partial charge in [0.05, 0.1) is 19.2 Å². The van der Waals surface area contributed by atoms with Crippen LogP contribution in [0, 0.1) is 13.8 Å². The summed E-state index contributed by atoms with van der Waals surface area (Å²) in [6.07, 6.45) is 1.27. The first-order valence-corrected chi connectivity index (χ1v) is 7.08. The van der Waals surface area contributed by atoms with Crippen LogP contribution >= 0.6 is 0 Å². The number of hydrogen-bond donors (Lipinski definition) is 1. The minimum absolute atomic E-state index is 0.117. The third kappa shape index (κ3) is 2.39. The lowest BCUT2D eigenvalue weighted by atomic mass is 10.1. The molecular weight excluding hydrogens is 266 g/mol. The molecule has 2 aromatic rings. The molecule has 0 bridgehead atoms. The number of hydrogen-bond acceptors (Lipinski definition) is 3. The molecule has 1 aliphatic heterocycles. The van der Waals surface area contributed by atoms with Gasteiger partial charge >= 0.3 is 0 Å². The van der Waals surface area contributed by atoms with Gasteiger partial charge in [-0.25, -0.2) is 0 Å². The first-order chi connectivity index (χ1) is 10.1. The van der Waals surface area contributed by atoms with Crippen LogP contribution in [0.25, 0.3) is 0 Å². The Morgan fingerprint density at radius 3 is 2.90 bits per heavy atom. The van der Waals surface area contributed by atoms with Gasteiger partial charge in [0.1, 0.15) is 5.75 Å². The number of carbonyl (C=O) groups excluding carboxylic acids is 1. The number of aromatic amines is 1. The molecule has 21 heavy (non-hydrogen) atoms. The van der Waals surface area contributed by atoms with E-state index in [2.05, 4.69) is 10.2 Å². The molecule has 0 atom stereocenters. The van der Waals surface area contributed by atoms with Gasteiger partial charge in [-0.05, 0) is 44.0 Å². The van der Waals surface area contributed by atoms with Crippen molar-refractivity contribution >= 4 is 11.6 Å². The van der Waals surface area contributed by atoms with Crippen molar-refractivity contribution in [2.45, 2.75) is 26.7 Å². The van der Waals surface area contributed by atoms with Gasteiger partial charge in [-0.2, -0.15) is 5.10 Å². The number of anilines is 1. The first-order valence-electron chi connectivity index (χ1n) is 7.08. The van der Waals surface area contributed by atoms with Crippen molar-refractivity contribution in [2.75, 3.05) is 18.6 Å². The Hall–Kier alpha value is -2.30. The monoisotopic (exact) mass is 285 g/mol. The van der Waals surface area contributed by atoms with E-state index in [0.29, 0.717) is 6.42 Å². The SMILES string of the molecule is COc1ccc2c(c1)CCN2C(=O)Cc1c(C)n[nH]c1C. The smallest absolute Gasteiger partial charge is 0.231 e. The molecule has 5 heteroatoms. The average molecular weight is 285 g/mol. The molecule has 1 aromatic heterocycles. The summed E-state index contributed by atoms with van der Waals surface area (Å²) in [4.78, 5) is 14.4. The summed E-state index contributed by atoms with van der Waals surface area (Å²) in [6, 6.07) is 5.88. The number of carbonyl (C=O) groups is 1. The number of benzene rings is 1. The molecular formula is C16H19N3O2. The highest BCUT2D eigenvalue weighted by Gasteiger charge is 2.26. The Morgan fingerprint density at radius 2 is 2.24 bits per heavy atom. The number of nitrogens with one attached hydrogen (secondary N) is 1. The van der Waals surface area contributed by atoms with E-state index in [1.807, 2.05) is 36.9 Å². The quantitative estimate of drug-likeness (QED) is 0.940. The highest BCUT2D eigenvalue weighted by atomic mass is 16.5. The second-order valence-corrected chi connectivity index (χ2v) is 5.38. The fraction of sp³-hybridized carbons (Fsp3) is 0.375. The van der Waals surface area contributed by atoms with Crippen LogP contribution in [0.3, 0.4) is 0 Å². The molecule has 0 saturated carbocycles. The van der Waals surface area contributed by atoms with Gasteiger partial charge < -0.3 is 9.64 Å². The molecule has 1 N–H and O–H groups in total. The minimum atomic E-state index is 0.117. The molecule has 1 aliphatic rings. The fourth-order valence-electron chi connectivity index (χ4n) is 2.85. The summed E-state index contributed by atoms with van der Waals surface area (Å²) in [7, 11) is 1.66. The number of rotatable bonds is 3. The predicted molar refractivity (Wildman–Crippen MR) is 80.8 cm³/mol. The lowest BCUT2D eigenvalue weighted by Gasteiger charge is -2.17. The van der Waals surface area contributed by atoms with Crippen LogP contribution in [0.1, 0.15) is 22.5 Å². The molecule has 0 saturated heterocycles. The highest BCUT2D eigenvalue weighted by Crippen LogP contribution is 2.31. The number of aryl methyl sites for hydroxylation is 2. The van der Waals surface area contributed by atoms with Crippen molar-refractivity contribution < 1.29 is 9.53 Å². The molecule has 3 rings (SSSR count). The predicted octanol–water partition coefficient (Wildman–Crippen LogP) is 2.17. The maximum Gasteiger partial charge on any atom is 0.231 e. The third-order valence-corrected chi connectivity index (χ3v) is 4.09. The highest BCUT2D eigenvalue weighted by molar-refractivity contribution is 5.97. The van der Waals surface area contributed by atoms with Gasteiger partial charge in [0.15, 0.2) is 0 Å². The van der Waals surface area contributed by atoms with E-state index < -0.39 is 0 Å². The van der Waals surface area contributed by atoms with Gasteiger partial charge in [-0.1, -0.05) is 0 Å². The molecule has 0 radical (unpaired) electrons. The molecule has 0 fully saturated rings. The van der Waals surface area contributed by atoms with Crippen LogP contribution in [0.15, 0.2) is 18.2 Å². The van der Waals surface area contributed by atoms with Crippen LogP contribution in [-0.2, 0) is 17.6 Å². The molecule has 2 heterocycles. The molecule has 0 unspecified atom stereocenters. The van der Waals surface area contributed by atoms with E-state index in [9.17, 15) is 4.79 Å². The van der Waals surface area contributed by atoms with Crippen LogP contribution < -0.4 is 9.64 Å². The lowest BCUT2D eigenvalue weighted by Crippen LogP contribution is -2.30. The number of methoxy groups -OCH3 is 1. The number of aromatic nitrogens is 2. The zero-order chi connectivity index (χ0) is 15.0. The van der Waals surface area contributed by atoms with E-state index >= 15 is 0 Å². The zero-order valence-electron chi connectivity index (χ0n) is 12.6. The molecule has 1 amide bonds. The Morgan fingerprint density at radius 1 is 1.43 bits per heavy atom. The van der Waals surface area contributed by atoms with Crippen LogP contribution in [0.2, 0.25) is 0 Å². The van der Waals surface area contributed by atoms with Crippen LogP contribution in [-0.4, -0.2) is 29.8 Å². The van der Waals surface area contributed by atoms with Crippen molar-refractivity contribution in [3.63, 3.8) is 0 Å². The number of H-pyrrole nitrogens is 1. The number of ether oxygens (including phenoxy) is 1. The maximum absolute atomic E-state index is 12.6. The number of fused-ring (bicyclic) bond motifs is 1. The van der Waals surface area contributed by atoms with E-state index in [1.54, 1.807) is 7.11 Å². The number of amides is 1. The second kappa shape index (κ2) is 5.24. The topological polar surface area (TPSA) is 58.2 Å². The Kier molecular flexibility index (Phi) is 3.41. The van der Waals surface area contributed by atoms with E-state index in [1.165, 1.54) is 5.56 Å².